The Balaban J connectivity index is 2.61. The van der Waals surface area contributed by atoms with Crippen LogP contribution in [0.4, 0.5) is 0 Å². The Morgan fingerprint density at radius 3 is 2.50 bits per heavy atom. The van der Waals surface area contributed by atoms with Crippen molar-refractivity contribution in [1.29, 1.82) is 0 Å². The first-order chi connectivity index (χ1) is 4.55. The van der Waals surface area contributed by atoms with Crippen LogP contribution in [0.3, 0.4) is 0 Å². The fourth-order valence-electron chi connectivity index (χ4n) is 1.10. The molecule has 0 saturated carbocycles. The lowest BCUT2D eigenvalue weighted by Gasteiger charge is -2.15. The molecule has 0 bridgehead atoms. The minimum atomic E-state index is -0.461. The van der Waals surface area contributed by atoms with Gasteiger partial charge in [0.05, 0.1) is 0 Å². The van der Waals surface area contributed by atoms with E-state index >= 15 is 0 Å². The van der Waals surface area contributed by atoms with Crippen LogP contribution in [-0.4, -0.2) is 17.7 Å². The highest BCUT2D eigenvalue weighted by atomic mass is 16.6. The molecule has 0 radical (unpaired) electrons. The van der Waals surface area contributed by atoms with Crippen molar-refractivity contribution in [3.05, 3.63) is 0 Å². The van der Waals surface area contributed by atoms with E-state index in [1.807, 2.05) is 20.8 Å². The Bertz CT molecular complexity index is 154. The molecule has 0 amide bonds. The Labute approximate surface area is 60.7 Å². The summed E-state index contributed by atoms with van der Waals surface area (Å²) in [6, 6.07) is -0.102. The van der Waals surface area contributed by atoms with Crippen LogP contribution in [-0.2, 0) is 9.53 Å². The lowest BCUT2D eigenvalue weighted by molar-refractivity contribution is -0.147. The number of carbonyl (C=O) groups is 1. The van der Waals surface area contributed by atoms with E-state index in [-0.39, 0.29) is 12.0 Å². The van der Waals surface area contributed by atoms with Crippen LogP contribution in [0.5, 0.6) is 0 Å². The van der Waals surface area contributed by atoms with Crippen molar-refractivity contribution >= 4 is 5.97 Å². The zero-order chi connectivity index (χ0) is 7.78. The van der Waals surface area contributed by atoms with Gasteiger partial charge in [-0.15, -0.1) is 0 Å². The summed E-state index contributed by atoms with van der Waals surface area (Å²) < 4.78 is 5.00. The monoisotopic (exact) mass is 143 g/mol. The van der Waals surface area contributed by atoms with Crippen molar-refractivity contribution in [3.8, 4) is 0 Å². The molecular formula is C7H13NO2. The van der Waals surface area contributed by atoms with Gasteiger partial charge in [-0.1, -0.05) is 6.92 Å². The first-order valence-corrected chi connectivity index (χ1v) is 3.56. The number of carbonyl (C=O) groups excluding carboxylic acids is 1. The van der Waals surface area contributed by atoms with Crippen molar-refractivity contribution in [1.82, 2.24) is 5.32 Å². The van der Waals surface area contributed by atoms with E-state index in [2.05, 4.69) is 5.32 Å². The number of esters is 1. The van der Waals surface area contributed by atoms with Crippen LogP contribution in [0.1, 0.15) is 27.2 Å². The third-order valence-electron chi connectivity index (χ3n) is 1.57. The van der Waals surface area contributed by atoms with Crippen molar-refractivity contribution < 1.29 is 9.53 Å². The Kier molecular flexibility index (Phi) is 1.68. The summed E-state index contributed by atoms with van der Waals surface area (Å²) in [6.45, 7) is 5.65. The largest absolute Gasteiger partial charge is 0.443 e. The zero-order valence-corrected chi connectivity index (χ0v) is 6.60. The Hall–Kier alpha value is -0.570. The molecule has 58 valence electrons. The molecule has 0 aromatic carbocycles. The molecule has 10 heavy (non-hydrogen) atoms. The normalized spacial score (nSPS) is 30.3. The smallest absolute Gasteiger partial charge is 0.324 e. The fraction of sp³-hybridized carbons (Fsp3) is 0.857. The van der Waals surface area contributed by atoms with E-state index in [9.17, 15) is 4.79 Å². The molecule has 1 N–H and O–H groups in total. The SMILES string of the molecule is CC[C@H]1NC(C)(C)OC1=O. The van der Waals surface area contributed by atoms with Crippen molar-refractivity contribution in [2.75, 3.05) is 0 Å². The molecule has 1 aliphatic heterocycles. The highest BCUT2D eigenvalue weighted by molar-refractivity contribution is 5.78. The molecule has 0 spiro atoms. The summed E-state index contributed by atoms with van der Waals surface area (Å²) in [7, 11) is 0. The maximum Gasteiger partial charge on any atom is 0.324 e. The van der Waals surface area contributed by atoms with E-state index in [1.54, 1.807) is 0 Å². The predicted octanol–water partition coefficient (Wildman–Crippen LogP) is 0.647. The zero-order valence-electron chi connectivity index (χ0n) is 6.60. The molecule has 0 aromatic rings. The van der Waals surface area contributed by atoms with Gasteiger partial charge in [0.1, 0.15) is 6.04 Å². The van der Waals surface area contributed by atoms with Crippen LogP contribution < -0.4 is 5.32 Å². The standard InChI is InChI=1S/C7H13NO2/c1-4-5-6(9)10-7(2,3)8-5/h5,8H,4H2,1-3H3/t5-/m1/s1. The lowest BCUT2D eigenvalue weighted by atomic mass is 10.2. The van der Waals surface area contributed by atoms with Gasteiger partial charge in [0.2, 0.25) is 0 Å². The second kappa shape index (κ2) is 2.23. The summed E-state index contributed by atoms with van der Waals surface area (Å²) in [5, 5.41) is 3.06. The number of hydrogen-bond acceptors (Lipinski definition) is 3. The first-order valence-electron chi connectivity index (χ1n) is 3.56. The first kappa shape index (κ1) is 7.54. The van der Waals surface area contributed by atoms with Crippen LogP contribution >= 0.6 is 0 Å². The third kappa shape index (κ3) is 1.29. The molecule has 1 aliphatic rings. The molecule has 0 aliphatic carbocycles. The molecule has 1 saturated heterocycles. The minimum absolute atomic E-state index is 0.102. The van der Waals surface area contributed by atoms with Gasteiger partial charge in [-0.25, -0.2) is 0 Å². The van der Waals surface area contributed by atoms with Gasteiger partial charge in [0.15, 0.2) is 5.72 Å². The fourth-order valence-corrected chi connectivity index (χ4v) is 1.10. The third-order valence-corrected chi connectivity index (χ3v) is 1.57. The average Bonchev–Trinajstić information content (AvgIpc) is 2.05. The lowest BCUT2D eigenvalue weighted by Crippen LogP contribution is -2.38. The minimum Gasteiger partial charge on any atom is -0.443 e. The number of hydrogen-bond donors (Lipinski definition) is 1. The Morgan fingerprint density at radius 2 is 2.30 bits per heavy atom. The van der Waals surface area contributed by atoms with Gasteiger partial charge < -0.3 is 4.74 Å². The van der Waals surface area contributed by atoms with Crippen LogP contribution in [0, 0.1) is 0 Å². The van der Waals surface area contributed by atoms with Crippen molar-refractivity contribution in [3.63, 3.8) is 0 Å². The van der Waals surface area contributed by atoms with Crippen LogP contribution in [0.25, 0.3) is 0 Å². The summed E-state index contributed by atoms with van der Waals surface area (Å²) in [5.74, 6) is -0.132. The summed E-state index contributed by atoms with van der Waals surface area (Å²) in [4.78, 5) is 10.9. The van der Waals surface area contributed by atoms with Crippen LogP contribution in [0.2, 0.25) is 0 Å². The molecule has 0 aromatic heterocycles. The molecule has 3 heteroatoms. The van der Waals surface area contributed by atoms with Gasteiger partial charge in [-0.05, 0) is 20.3 Å². The highest BCUT2D eigenvalue weighted by Crippen LogP contribution is 2.16. The average molecular weight is 143 g/mol. The van der Waals surface area contributed by atoms with Crippen molar-refractivity contribution in [2.45, 2.75) is 39.0 Å². The second-order valence-electron chi connectivity index (χ2n) is 3.04. The van der Waals surface area contributed by atoms with E-state index < -0.39 is 5.72 Å². The topological polar surface area (TPSA) is 38.3 Å². The maximum atomic E-state index is 10.9. The molecule has 1 rings (SSSR count). The molecule has 1 fully saturated rings. The van der Waals surface area contributed by atoms with E-state index in [0.29, 0.717) is 0 Å². The van der Waals surface area contributed by atoms with Crippen LogP contribution in [0.15, 0.2) is 0 Å². The second-order valence-corrected chi connectivity index (χ2v) is 3.04. The van der Waals surface area contributed by atoms with E-state index in [0.717, 1.165) is 6.42 Å². The van der Waals surface area contributed by atoms with Crippen molar-refractivity contribution in [2.24, 2.45) is 0 Å². The molecule has 0 unspecified atom stereocenters. The van der Waals surface area contributed by atoms with Gasteiger partial charge in [-0.3, -0.25) is 10.1 Å². The summed E-state index contributed by atoms with van der Waals surface area (Å²) >= 11 is 0. The molecule has 3 nitrogen and oxygen atoms in total. The number of cyclic esters (lactones) is 1. The highest BCUT2D eigenvalue weighted by Gasteiger charge is 2.37. The van der Waals surface area contributed by atoms with E-state index in [1.165, 1.54) is 0 Å². The van der Waals surface area contributed by atoms with Gasteiger partial charge in [0.25, 0.3) is 0 Å². The Morgan fingerprint density at radius 1 is 1.70 bits per heavy atom. The molecule has 1 heterocycles. The summed E-state index contributed by atoms with van der Waals surface area (Å²) in [5.41, 5.74) is -0.461. The van der Waals surface area contributed by atoms with E-state index in [4.69, 9.17) is 4.74 Å². The quantitative estimate of drug-likeness (QED) is 0.548. The summed E-state index contributed by atoms with van der Waals surface area (Å²) in [6.07, 6.45) is 0.794. The number of rotatable bonds is 1. The predicted molar refractivity (Wildman–Crippen MR) is 37.4 cm³/mol. The number of nitrogens with one attached hydrogen (secondary N) is 1. The number of ether oxygens (including phenoxy) is 1. The molecular weight excluding hydrogens is 130 g/mol. The maximum absolute atomic E-state index is 10.9. The van der Waals surface area contributed by atoms with Gasteiger partial charge >= 0.3 is 5.97 Å². The van der Waals surface area contributed by atoms with Gasteiger partial charge in [0, 0.05) is 0 Å². The molecule has 1 atom stereocenters. The van der Waals surface area contributed by atoms with Gasteiger partial charge in [-0.2, -0.15) is 0 Å².